The molecule has 134 valence electrons. The van der Waals surface area contributed by atoms with E-state index in [0.717, 1.165) is 35.5 Å². The maximum atomic E-state index is 9.70. The number of benzene rings is 3. The van der Waals surface area contributed by atoms with Crippen LogP contribution < -0.4 is 4.90 Å². The molecule has 0 bridgehead atoms. The van der Waals surface area contributed by atoms with Crippen molar-refractivity contribution in [3.05, 3.63) is 101 Å². The summed E-state index contributed by atoms with van der Waals surface area (Å²) >= 11 is 0. The fraction of sp³-hybridized carbons (Fsp3) is 0.217. The van der Waals surface area contributed by atoms with Gasteiger partial charge in [-0.05, 0) is 40.8 Å². The number of anilines is 1. The van der Waals surface area contributed by atoms with Gasteiger partial charge in [-0.15, -0.1) is 0 Å². The summed E-state index contributed by atoms with van der Waals surface area (Å²) in [5.41, 5.74) is 6.21. The molecular formula is C23H25NO2. The Balaban J connectivity index is 1.99. The Hall–Kier alpha value is -2.62. The molecule has 0 atom stereocenters. The predicted octanol–water partition coefficient (Wildman–Crippen LogP) is 4.19. The third-order valence-electron chi connectivity index (χ3n) is 4.63. The fourth-order valence-corrected chi connectivity index (χ4v) is 3.27. The first-order valence-electron chi connectivity index (χ1n) is 8.88. The zero-order chi connectivity index (χ0) is 18.4. The summed E-state index contributed by atoms with van der Waals surface area (Å²) in [5.74, 6) is 0. The van der Waals surface area contributed by atoms with Gasteiger partial charge in [0.1, 0.15) is 0 Å². The molecule has 3 aromatic carbocycles. The van der Waals surface area contributed by atoms with Gasteiger partial charge in [-0.1, -0.05) is 66.7 Å². The van der Waals surface area contributed by atoms with Crippen molar-refractivity contribution in [3.8, 4) is 0 Å². The first kappa shape index (κ1) is 18.2. The molecule has 0 heterocycles. The first-order valence-corrected chi connectivity index (χ1v) is 8.88. The van der Waals surface area contributed by atoms with Crippen molar-refractivity contribution in [2.45, 2.75) is 33.2 Å². The molecule has 3 heteroatoms. The third kappa shape index (κ3) is 4.31. The molecule has 0 saturated heterocycles. The molecular weight excluding hydrogens is 322 g/mol. The monoisotopic (exact) mass is 347 g/mol. The van der Waals surface area contributed by atoms with Crippen LogP contribution in [0.4, 0.5) is 5.69 Å². The number of hydrogen-bond donors (Lipinski definition) is 2. The van der Waals surface area contributed by atoms with Gasteiger partial charge in [-0.25, -0.2) is 0 Å². The normalized spacial score (nSPS) is 10.7. The molecule has 0 unspecified atom stereocenters. The Kier molecular flexibility index (Phi) is 6.05. The molecule has 2 N–H and O–H groups in total. The van der Waals surface area contributed by atoms with E-state index >= 15 is 0 Å². The summed E-state index contributed by atoms with van der Waals surface area (Å²) in [4.78, 5) is 2.32. The van der Waals surface area contributed by atoms with E-state index in [-0.39, 0.29) is 13.2 Å². The van der Waals surface area contributed by atoms with Crippen molar-refractivity contribution >= 4 is 5.69 Å². The van der Waals surface area contributed by atoms with Crippen molar-refractivity contribution in [2.24, 2.45) is 0 Å². The van der Waals surface area contributed by atoms with Crippen LogP contribution in [-0.2, 0) is 26.3 Å². The molecule has 3 nitrogen and oxygen atoms in total. The van der Waals surface area contributed by atoms with Crippen LogP contribution in [-0.4, -0.2) is 10.2 Å². The van der Waals surface area contributed by atoms with Crippen molar-refractivity contribution in [2.75, 3.05) is 4.90 Å². The average molecular weight is 347 g/mol. The molecule has 0 aromatic heterocycles. The first-order chi connectivity index (χ1) is 12.7. The van der Waals surface area contributed by atoms with Crippen LogP contribution >= 0.6 is 0 Å². The van der Waals surface area contributed by atoms with Gasteiger partial charge < -0.3 is 15.1 Å². The second kappa shape index (κ2) is 8.65. The zero-order valence-electron chi connectivity index (χ0n) is 15.1. The van der Waals surface area contributed by atoms with Gasteiger partial charge in [-0.2, -0.15) is 0 Å². The van der Waals surface area contributed by atoms with Gasteiger partial charge in [0, 0.05) is 18.8 Å². The van der Waals surface area contributed by atoms with Gasteiger partial charge in [-0.3, -0.25) is 0 Å². The summed E-state index contributed by atoms with van der Waals surface area (Å²) in [5, 5.41) is 19.2. The van der Waals surface area contributed by atoms with E-state index in [2.05, 4.69) is 60.4 Å². The molecule has 0 fully saturated rings. The van der Waals surface area contributed by atoms with Crippen molar-refractivity contribution < 1.29 is 10.2 Å². The van der Waals surface area contributed by atoms with Crippen LogP contribution in [0.25, 0.3) is 0 Å². The minimum absolute atomic E-state index is 0.0611. The summed E-state index contributed by atoms with van der Waals surface area (Å²) in [6.45, 7) is 3.47. The number of aryl methyl sites for hydroxylation is 1. The topological polar surface area (TPSA) is 43.7 Å². The highest BCUT2D eigenvalue weighted by Crippen LogP contribution is 2.28. The van der Waals surface area contributed by atoms with Crippen molar-refractivity contribution in [1.29, 1.82) is 0 Å². The number of rotatable bonds is 7. The number of aliphatic hydroxyl groups excluding tert-OH is 2. The SMILES string of the molecule is Cc1cc(CO)c(CO)cc1N(Cc1ccccc1)Cc1ccccc1. The maximum absolute atomic E-state index is 9.70. The lowest BCUT2D eigenvalue weighted by atomic mass is 10.0. The maximum Gasteiger partial charge on any atom is 0.0686 e. The average Bonchev–Trinajstić information content (AvgIpc) is 2.69. The molecule has 0 amide bonds. The zero-order valence-corrected chi connectivity index (χ0v) is 15.1. The Morgan fingerprint density at radius 2 is 1.15 bits per heavy atom. The number of aliphatic hydroxyl groups is 2. The number of nitrogens with zero attached hydrogens (tertiary/aromatic N) is 1. The lowest BCUT2D eigenvalue weighted by molar-refractivity contribution is 0.260. The molecule has 0 aliphatic rings. The minimum Gasteiger partial charge on any atom is -0.392 e. The smallest absolute Gasteiger partial charge is 0.0686 e. The van der Waals surface area contributed by atoms with Gasteiger partial charge >= 0.3 is 0 Å². The summed E-state index contributed by atoms with van der Waals surface area (Å²) in [6, 6.07) is 24.8. The minimum atomic E-state index is -0.0757. The van der Waals surface area contributed by atoms with Crippen LogP contribution in [0, 0.1) is 6.92 Å². The van der Waals surface area contributed by atoms with Crippen molar-refractivity contribution in [1.82, 2.24) is 0 Å². The van der Waals surface area contributed by atoms with E-state index in [4.69, 9.17) is 0 Å². The van der Waals surface area contributed by atoms with E-state index in [9.17, 15) is 10.2 Å². The molecule has 0 aliphatic heterocycles. The lowest BCUT2D eigenvalue weighted by Crippen LogP contribution is -2.23. The molecule has 0 radical (unpaired) electrons. The Bertz CT molecular complexity index is 790. The second-order valence-corrected chi connectivity index (χ2v) is 6.55. The fourth-order valence-electron chi connectivity index (χ4n) is 3.27. The summed E-state index contributed by atoms with van der Waals surface area (Å²) < 4.78 is 0. The van der Waals surface area contributed by atoms with E-state index in [1.165, 1.54) is 11.1 Å². The summed E-state index contributed by atoms with van der Waals surface area (Å²) in [6.07, 6.45) is 0. The Labute approximate surface area is 155 Å². The van der Waals surface area contributed by atoms with E-state index in [1.807, 2.05) is 24.3 Å². The highest BCUT2D eigenvalue weighted by atomic mass is 16.3. The van der Waals surface area contributed by atoms with Crippen LogP contribution in [0.5, 0.6) is 0 Å². The van der Waals surface area contributed by atoms with Gasteiger partial charge in [0.15, 0.2) is 0 Å². The highest BCUT2D eigenvalue weighted by molar-refractivity contribution is 5.57. The molecule has 0 spiro atoms. The van der Waals surface area contributed by atoms with E-state index in [0.29, 0.717) is 0 Å². The van der Waals surface area contributed by atoms with Crippen LogP contribution in [0.2, 0.25) is 0 Å². The predicted molar refractivity (Wildman–Crippen MR) is 106 cm³/mol. The Morgan fingerprint density at radius 3 is 1.62 bits per heavy atom. The van der Waals surface area contributed by atoms with Gasteiger partial charge in [0.2, 0.25) is 0 Å². The highest BCUT2D eigenvalue weighted by Gasteiger charge is 2.14. The molecule has 0 saturated carbocycles. The van der Waals surface area contributed by atoms with Crippen LogP contribution in [0.1, 0.15) is 27.8 Å². The third-order valence-corrected chi connectivity index (χ3v) is 4.63. The van der Waals surface area contributed by atoms with Gasteiger partial charge in [0.25, 0.3) is 0 Å². The van der Waals surface area contributed by atoms with E-state index < -0.39 is 0 Å². The van der Waals surface area contributed by atoms with Gasteiger partial charge in [0.05, 0.1) is 13.2 Å². The second-order valence-electron chi connectivity index (χ2n) is 6.55. The van der Waals surface area contributed by atoms with Crippen LogP contribution in [0.15, 0.2) is 72.8 Å². The van der Waals surface area contributed by atoms with Crippen molar-refractivity contribution in [3.63, 3.8) is 0 Å². The standard InChI is InChI=1S/C23H25NO2/c1-18-12-21(16-25)22(17-26)13-23(18)24(14-19-8-4-2-5-9-19)15-20-10-6-3-7-11-20/h2-13,25-26H,14-17H2,1H3. The van der Waals surface area contributed by atoms with Crippen LogP contribution in [0.3, 0.4) is 0 Å². The summed E-state index contributed by atoms with van der Waals surface area (Å²) in [7, 11) is 0. The molecule has 3 rings (SSSR count). The lowest BCUT2D eigenvalue weighted by Gasteiger charge is -2.28. The largest absolute Gasteiger partial charge is 0.392 e. The quantitative estimate of drug-likeness (QED) is 0.674. The molecule has 0 aliphatic carbocycles. The molecule has 26 heavy (non-hydrogen) atoms. The molecule has 3 aromatic rings. The Morgan fingerprint density at radius 1 is 0.692 bits per heavy atom. The number of hydrogen-bond acceptors (Lipinski definition) is 3. The van der Waals surface area contributed by atoms with E-state index in [1.54, 1.807) is 0 Å².